The zero-order valence-corrected chi connectivity index (χ0v) is 12.4. The predicted octanol–water partition coefficient (Wildman–Crippen LogP) is 3.92. The van der Waals surface area contributed by atoms with E-state index in [1.54, 1.807) is 12.1 Å². The van der Waals surface area contributed by atoms with Crippen LogP contribution in [0.15, 0.2) is 36.4 Å². The van der Waals surface area contributed by atoms with Crippen molar-refractivity contribution in [2.45, 2.75) is 32.4 Å². The van der Waals surface area contributed by atoms with Crippen LogP contribution in [0.2, 0.25) is 0 Å². The maximum atomic E-state index is 13.1. The van der Waals surface area contributed by atoms with Gasteiger partial charge >= 0.3 is 0 Å². The molecule has 0 heterocycles. The van der Waals surface area contributed by atoms with Crippen molar-refractivity contribution in [1.82, 2.24) is 5.32 Å². The maximum absolute atomic E-state index is 13.1. The van der Waals surface area contributed by atoms with Crippen molar-refractivity contribution in [2.75, 3.05) is 7.05 Å². The molecular weight excluding hydrogens is 265 g/mol. The number of halogens is 1. The summed E-state index contributed by atoms with van der Waals surface area (Å²) in [7, 11) is 2.00. The van der Waals surface area contributed by atoms with Gasteiger partial charge < -0.3 is 10.1 Å². The number of nitrogens with one attached hydrogen (secondary N) is 1. The van der Waals surface area contributed by atoms with Crippen LogP contribution >= 0.6 is 0 Å². The van der Waals surface area contributed by atoms with E-state index >= 15 is 0 Å². The van der Waals surface area contributed by atoms with Crippen LogP contribution in [-0.2, 0) is 13.0 Å². The first-order valence-corrected chi connectivity index (χ1v) is 7.35. The Morgan fingerprint density at radius 2 is 2.10 bits per heavy atom. The average molecular weight is 285 g/mol. The lowest BCUT2D eigenvalue weighted by molar-refractivity contribution is 0.305. The van der Waals surface area contributed by atoms with E-state index < -0.39 is 0 Å². The van der Waals surface area contributed by atoms with Crippen LogP contribution in [0.5, 0.6) is 5.75 Å². The molecule has 1 aliphatic carbocycles. The summed E-state index contributed by atoms with van der Waals surface area (Å²) >= 11 is 0. The molecule has 2 aromatic carbocycles. The summed E-state index contributed by atoms with van der Waals surface area (Å²) in [6.45, 7) is 2.38. The summed E-state index contributed by atoms with van der Waals surface area (Å²) in [6, 6.07) is 11.6. The summed E-state index contributed by atoms with van der Waals surface area (Å²) in [6.07, 6.45) is 2.24. The van der Waals surface area contributed by atoms with Crippen LogP contribution in [-0.4, -0.2) is 7.05 Å². The lowest BCUT2D eigenvalue weighted by Gasteiger charge is -2.12. The molecule has 3 rings (SSSR count). The van der Waals surface area contributed by atoms with E-state index in [9.17, 15) is 4.39 Å². The standard InChI is InChI=1S/C18H20FNO/c1-12-9-15(19)5-3-14(12)11-21-16-6-7-17-13(10-16)4-8-18(17)20-2/h3,5-7,9-10,18,20H,4,8,11H2,1-2H3. The quantitative estimate of drug-likeness (QED) is 0.919. The normalized spacial score (nSPS) is 16.8. The Morgan fingerprint density at radius 3 is 2.86 bits per heavy atom. The number of aryl methyl sites for hydroxylation is 2. The minimum absolute atomic E-state index is 0.202. The van der Waals surface area contributed by atoms with Crippen molar-refractivity contribution in [3.05, 3.63) is 64.5 Å². The van der Waals surface area contributed by atoms with Crippen LogP contribution in [0, 0.1) is 12.7 Å². The fourth-order valence-corrected chi connectivity index (χ4v) is 2.97. The van der Waals surface area contributed by atoms with Gasteiger partial charge in [-0.2, -0.15) is 0 Å². The van der Waals surface area contributed by atoms with Gasteiger partial charge in [-0.05, 0) is 73.3 Å². The molecule has 0 saturated carbocycles. The van der Waals surface area contributed by atoms with E-state index in [4.69, 9.17) is 4.74 Å². The van der Waals surface area contributed by atoms with E-state index in [0.717, 1.165) is 29.7 Å². The molecule has 0 saturated heterocycles. The molecule has 0 amide bonds. The molecule has 0 bridgehead atoms. The van der Waals surface area contributed by atoms with E-state index in [1.807, 2.05) is 20.0 Å². The molecule has 1 unspecified atom stereocenters. The highest BCUT2D eigenvalue weighted by molar-refractivity contribution is 5.40. The number of benzene rings is 2. The number of rotatable bonds is 4. The molecule has 1 atom stereocenters. The second-order valence-corrected chi connectivity index (χ2v) is 5.60. The zero-order valence-electron chi connectivity index (χ0n) is 12.4. The zero-order chi connectivity index (χ0) is 14.8. The van der Waals surface area contributed by atoms with Gasteiger partial charge in [-0.1, -0.05) is 12.1 Å². The van der Waals surface area contributed by atoms with Crippen LogP contribution in [0.3, 0.4) is 0 Å². The smallest absolute Gasteiger partial charge is 0.123 e. The maximum Gasteiger partial charge on any atom is 0.123 e. The molecular formula is C18H20FNO. The van der Waals surface area contributed by atoms with E-state index in [2.05, 4.69) is 17.4 Å². The third kappa shape index (κ3) is 2.93. The average Bonchev–Trinajstić information content (AvgIpc) is 2.88. The van der Waals surface area contributed by atoms with E-state index in [1.165, 1.54) is 17.2 Å². The Balaban J connectivity index is 1.72. The molecule has 21 heavy (non-hydrogen) atoms. The molecule has 0 aromatic heterocycles. The van der Waals surface area contributed by atoms with Crippen molar-refractivity contribution in [2.24, 2.45) is 0 Å². The van der Waals surface area contributed by atoms with E-state index in [-0.39, 0.29) is 5.82 Å². The van der Waals surface area contributed by atoms with Crippen LogP contribution < -0.4 is 10.1 Å². The minimum atomic E-state index is -0.202. The van der Waals surface area contributed by atoms with Gasteiger partial charge in [0.1, 0.15) is 18.2 Å². The molecule has 0 radical (unpaired) electrons. The minimum Gasteiger partial charge on any atom is -0.489 e. The van der Waals surface area contributed by atoms with Gasteiger partial charge in [-0.15, -0.1) is 0 Å². The highest BCUT2D eigenvalue weighted by atomic mass is 19.1. The number of ether oxygens (including phenoxy) is 1. The molecule has 0 spiro atoms. The third-order valence-electron chi connectivity index (χ3n) is 4.24. The first-order chi connectivity index (χ1) is 10.2. The second-order valence-electron chi connectivity index (χ2n) is 5.60. The first-order valence-electron chi connectivity index (χ1n) is 7.35. The fraction of sp³-hybridized carbons (Fsp3) is 0.333. The molecule has 3 heteroatoms. The fourth-order valence-electron chi connectivity index (χ4n) is 2.97. The first kappa shape index (κ1) is 14.1. The Kier molecular flexibility index (Phi) is 3.93. The summed E-state index contributed by atoms with van der Waals surface area (Å²) in [5, 5.41) is 3.33. The Bertz CT molecular complexity index is 654. The van der Waals surface area contributed by atoms with Gasteiger partial charge in [0.15, 0.2) is 0 Å². The second kappa shape index (κ2) is 5.86. The Hall–Kier alpha value is -1.87. The highest BCUT2D eigenvalue weighted by Gasteiger charge is 2.21. The van der Waals surface area contributed by atoms with Crippen molar-refractivity contribution in [3.8, 4) is 5.75 Å². The molecule has 2 aromatic rings. The van der Waals surface area contributed by atoms with Crippen LogP contribution in [0.1, 0.15) is 34.7 Å². The van der Waals surface area contributed by atoms with Gasteiger partial charge in [0.2, 0.25) is 0 Å². The molecule has 1 aliphatic rings. The van der Waals surface area contributed by atoms with Crippen molar-refractivity contribution < 1.29 is 9.13 Å². The van der Waals surface area contributed by atoms with Gasteiger partial charge in [-0.25, -0.2) is 4.39 Å². The van der Waals surface area contributed by atoms with Gasteiger partial charge in [0.05, 0.1) is 0 Å². The number of hydrogen-bond donors (Lipinski definition) is 1. The van der Waals surface area contributed by atoms with Gasteiger partial charge in [0.25, 0.3) is 0 Å². The third-order valence-corrected chi connectivity index (χ3v) is 4.24. The van der Waals surface area contributed by atoms with Crippen LogP contribution in [0.4, 0.5) is 4.39 Å². The Labute approximate surface area is 125 Å². The van der Waals surface area contributed by atoms with E-state index in [0.29, 0.717) is 12.6 Å². The summed E-state index contributed by atoms with van der Waals surface area (Å²) < 4.78 is 18.9. The lowest BCUT2D eigenvalue weighted by atomic mass is 10.1. The lowest BCUT2D eigenvalue weighted by Crippen LogP contribution is -2.12. The monoisotopic (exact) mass is 285 g/mol. The largest absolute Gasteiger partial charge is 0.489 e. The number of fused-ring (bicyclic) bond motifs is 1. The SMILES string of the molecule is CNC1CCc2cc(OCc3ccc(F)cc3C)ccc21. The van der Waals surface area contributed by atoms with Crippen LogP contribution in [0.25, 0.3) is 0 Å². The molecule has 110 valence electrons. The molecule has 1 N–H and O–H groups in total. The summed E-state index contributed by atoms with van der Waals surface area (Å²) in [5.41, 5.74) is 4.68. The topological polar surface area (TPSA) is 21.3 Å². The van der Waals surface area contributed by atoms with Crippen molar-refractivity contribution in [1.29, 1.82) is 0 Å². The number of hydrogen-bond acceptors (Lipinski definition) is 2. The van der Waals surface area contributed by atoms with Gasteiger partial charge in [-0.3, -0.25) is 0 Å². The van der Waals surface area contributed by atoms with Gasteiger partial charge in [0, 0.05) is 6.04 Å². The summed E-state index contributed by atoms with van der Waals surface area (Å²) in [4.78, 5) is 0. The molecule has 0 fully saturated rings. The predicted molar refractivity (Wildman–Crippen MR) is 82.0 cm³/mol. The highest BCUT2D eigenvalue weighted by Crippen LogP contribution is 2.33. The molecule has 0 aliphatic heterocycles. The summed E-state index contributed by atoms with van der Waals surface area (Å²) in [5.74, 6) is 0.682. The van der Waals surface area contributed by atoms with Crippen molar-refractivity contribution >= 4 is 0 Å². The molecule has 2 nitrogen and oxygen atoms in total. The Morgan fingerprint density at radius 1 is 1.24 bits per heavy atom. The van der Waals surface area contributed by atoms with Crippen molar-refractivity contribution in [3.63, 3.8) is 0 Å².